The molecule has 0 amide bonds. The van der Waals surface area contributed by atoms with Gasteiger partial charge < -0.3 is 24.8 Å². The number of benzene rings is 2. The van der Waals surface area contributed by atoms with Gasteiger partial charge in [0.25, 0.3) is 0 Å². The van der Waals surface area contributed by atoms with E-state index in [1.165, 1.54) is 0 Å². The van der Waals surface area contributed by atoms with Gasteiger partial charge in [-0.2, -0.15) is 0 Å². The Kier molecular flexibility index (Phi) is 7.56. The van der Waals surface area contributed by atoms with E-state index in [1.807, 2.05) is 60.7 Å². The fraction of sp³-hybridized carbons (Fsp3) is 0.316. The van der Waals surface area contributed by atoms with Crippen molar-refractivity contribution in [3.8, 4) is 0 Å². The molecule has 0 aliphatic carbocycles. The lowest BCUT2D eigenvalue weighted by Crippen LogP contribution is -2.45. The number of ether oxygens (including phenoxy) is 2. The molecule has 2 aromatic carbocycles. The van der Waals surface area contributed by atoms with Crippen LogP contribution < -0.4 is 0 Å². The van der Waals surface area contributed by atoms with Gasteiger partial charge in [0.1, 0.15) is 12.2 Å². The number of hydrogen-bond acceptors (Lipinski definition) is 5. The average Bonchev–Trinajstić information content (AvgIpc) is 2.65. The van der Waals surface area contributed by atoms with Gasteiger partial charge in [0, 0.05) is 0 Å². The van der Waals surface area contributed by atoms with Gasteiger partial charge >= 0.3 is 5.97 Å². The van der Waals surface area contributed by atoms with Gasteiger partial charge in [-0.15, -0.1) is 0 Å². The Labute approximate surface area is 146 Å². The summed E-state index contributed by atoms with van der Waals surface area (Å²) in [4.78, 5) is 10.9. The minimum Gasteiger partial charge on any atom is -0.479 e. The Morgan fingerprint density at radius 1 is 0.880 bits per heavy atom. The van der Waals surface area contributed by atoms with Crippen LogP contribution in [0.15, 0.2) is 60.7 Å². The zero-order valence-corrected chi connectivity index (χ0v) is 13.7. The third-order valence-corrected chi connectivity index (χ3v) is 3.66. The molecule has 6 nitrogen and oxygen atoms in total. The van der Waals surface area contributed by atoms with Gasteiger partial charge in [0.2, 0.25) is 0 Å². The highest BCUT2D eigenvalue weighted by Gasteiger charge is 2.32. The molecule has 0 radical (unpaired) electrons. The van der Waals surface area contributed by atoms with Crippen LogP contribution in [0.3, 0.4) is 0 Å². The first-order valence-corrected chi connectivity index (χ1v) is 7.94. The number of hydrogen-bond donors (Lipinski definition) is 3. The van der Waals surface area contributed by atoms with Gasteiger partial charge in [-0.3, -0.25) is 0 Å². The van der Waals surface area contributed by atoms with E-state index in [0.717, 1.165) is 11.1 Å². The van der Waals surface area contributed by atoms with E-state index < -0.39 is 24.3 Å². The van der Waals surface area contributed by atoms with Crippen LogP contribution in [0.5, 0.6) is 0 Å². The fourth-order valence-electron chi connectivity index (χ4n) is 2.24. The maximum atomic E-state index is 10.9. The first-order chi connectivity index (χ1) is 12.1. The molecule has 0 aliphatic rings. The number of rotatable bonds is 10. The van der Waals surface area contributed by atoms with E-state index in [4.69, 9.17) is 14.6 Å². The van der Waals surface area contributed by atoms with E-state index in [9.17, 15) is 15.0 Å². The third kappa shape index (κ3) is 6.28. The summed E-state index contributed by atoms with van der Waals surface area (Å²) >= 11 is 0. The molecular weight excluding hydrogens is 324 g/mol. The van der Waals surface area contributed by atoms with Gasteiger partial charge in [0.15, 0.2) is 6.10 Å². The lowest BCUT2D eigenvalue weighted by molar-refractivity contribution is -0.166. The first kappa shape index (κ1) is 19.1. The lowest BCUT2D eigenvalue weighted by Gasteiger charge is -2.25. The third-order valence-electron chi connectivity index (χ3n) is 3.66. The molecule has 0 saturated carbocycles. The molecule has 0 heterocycles. The molecule has 134 valence electrons. The van der Waals surface area contributed by atoms with Gasteiger partial charge in [-0.05, 0) is 11.1 Å². The van der Waals surface area contributed by atoms with Crippen LogP contribution in [0.4, 0.5) is 0 Å². The zero-order valence-electron chi connectivity index (χ0n) is 13.7. The Morgan fingerprint density at radius 2 is 1.40 bits per heavy atom. The summed E-state index contributed by atoms with van der Waals surface area (Å²) in [6.45, 7) is 0.415. The Balaban J connectivity index is 1.94. The summed E-state index contributed by atoms with van der Waals surface area (Å²) in [6, 6.07) is 18.7. The largest absolute Gasteiger partial charge is 0.479 e. The predicted molar refractivity (Wildman–Crippen MR) is 90.8 cm³/mol. The number of aliphatic hydroxyl groups excluding tert-OH is 2. The van der Waals surface area contributed by atoms with Crippen LogP contribution >= 0.6 is 0 Å². The standard InChI is InChI=1S/C19H22O6/c20-17(18(21)19(22)23)16(25-12-15-9-5-2-6-10-15)13-24-11-14-7-3-1-4-8-14/h1-10,16-18,20-21H,11-13H2,(H,22,23). The molecule has 0 bridgehead atoms. The highest BCUT2D eigenvalue weighted by Crippen LogP contribution is 2.11. The molecule has 3 unspecified atom stereocenters. The van der Waals surface area contributed by atoms with Crippen molar-refractivity contribution < 1.29 is 29.6 Å². The van der Waals surface area contributed by atoms with Crippen molar-refractivity contribution in [1.29, 1.82) is 0 Å². The second-order valence-corrected chi connectivity index (χ2v) is 5.61. The molecule has 6 heteroatoms. The quantitative estimate of drug-likeness (QED) is 0.605. The summed E-state index contributed by atoms with van der Waals surface area (Å²) in [5, 5.41) is 28.6. The van der Waals surface area contributed by atoms with Gasteiger partial charge in [0.05, 0.1) is 19.8 Å². The van der Waals surface area contributed by atoms with Crippen LogP contribution in [0, 0.1) is 0 Å². The molecule has 0 spiro atoms. The Hall–Kier alpha value is -2.25. The SMILES string of the molecule is O=C(O)C(O)C(O)C(COCc1ccccc1)OCc1ccccc1. The average molecular weight is 346 g/mol. The summed E-state index contributed by atoms with van der Waals surface area (Å²) in [6.07, 6.45) is -4.52. The normalized spacial score (nSPS) is 14.6. The minimum absolute atomic E-state index is 0.0484. The van der Waals surface area contributed by atoms with Gasteiger partial charge in [-0.1, -0.05) is 60.7 Å². The monoisotopic (exact) mass is 346 g/mol. The molecule has 3 N–H and O–H groups in total. The number of aliphatic hydroxyl groups is 2. The Morgan fingerprint density at radius 3 is 1.92 bits per heavy atom. The summed E-state index contributed by atoms with van der Waals surface area (Å²) < 4.78 is 11.1. The molecule has 2 rings (SSSR count). The van der Waals surface area contributed by atoms with Crippen LogP contribution in [-0.2, 0) is 27.5 Å². The van der Waals surface area contributed by atoms with Crippen LogP contribution in [0.2, 0.25) is 0 Å². The summed E-state index contributed by atoms with van der Waals surface area (Å²) in [5.41, 5.74) is 1.81. The lowest BCUT2D eigenvalue weighted by atomic mass is 10.1. The smallest absolute Gasteiger partial charge is 0.335 e. The van der Waals surface area contributed by atoms with E-state index in [-0.39, 0.29) is 13.2 Å². The van der Waals surface area contributed by atoms with Crippen molar-refractivity contribution in [3.05, 3.63) is 71.8 Å². The van der Waals surface area contributed by atoms with Crippen molar-refractivity contribution in [3.63, 3.8) is 0 Å². The van der Waals surface area contributed by atoms with E-state index in [0.29, 0.717) is 6.61 Å². The molecule has 0 fully saturated rings. The van der Waals surface area contributed by atoms with Crippen LogP contribution in [0.25, 0.3) is 0 Å². The second-order valence-electron chi connectivity index (χ2n) is 5.61. The minimum atomic E-state index is -1.94. The van der Waals surface area contributed by atoms with Gasteiger partial charge in [-0.25, -0.2) is 4.79 Å². The topological polar surface area (TPSA) is 96.2 Å². The van der Waals surface area contributed by atoms with Crippen molar-refractivity contribution in [2.75, 3.05) is 6.61 Å². The van der Waals surface area contributed by atoms with E-state index >= 15 is 0 Å². The maximum Gasteiger partial charge on any atom is 0.335 e. The molecule has 3 atom stereocenters. The second kappa shape index (κ2) is 9.90. The summed E-state index contributed by atoms with van der Waals surface area (Å²) in [5.74, 6) is -1.51. The summed E-state index contributed by atoms with van der Waals surface area (Å²) in [7, 11) is 0. The zero-order chi connectivity index (χ0) is 18.1. The van der Waals surface area contributed by atoms with E-state index in [2.05, 4.69) is 0 Å². The number of carboxylic acid groups (broad SMARTS) is 1. The van der Waals surface area contributed by atoms with Crippen molar-refractivity contribution in [2.45, 2.75) is 31.5 Å². The van der Waals surface area contributed by atoms with Crippen molar-refractivity contribution in [2.24, 2.45) is 0 Å². The molecule has 0 aliphatic heterocycles. The molecule has 0 saturated heterocycles. The van der Waals surface area contributed by atoms with Crippen molar-refractivity contribution >= 4 is 5.97 Å². The number of carboxylic acids is 1. The molecule has 25 heavy (non-hydrogen) atoms. The first-order valence-electron chi connectivity index (χ1n) is 7.94. The highest BCUT2D eigenvalue weighted by molar-refractivity contribution is 5.72. The number of aliphatic carboxylic acids is 1. The highest BCUT2D eigenvalue weighted by atomic mass is 16.5. The maximum absolute atomic E-state index is 10.9. The van der Waals surface area contributed by atoms with E-state index in [1.54, 1.807) is 0 Å². The Bertz CT molecular complexity index is 631. The molecular formula is C19H22O6. The molecule has 0 aromatic heterocycles. The predicted octanol–water partition coefficient (Wildman–Crippen LogP) is 1.59. The molecule has 2 aromatic rings. The van der Waals surface area contributed by atoms with Crippen LogP contribution in [0.1, 0.15) is 11.1 Å². The van der Waals surface area contributed by atoms with Crippen LogP contribution in [-0.4, -0.2) is 46.2 Å². The number of carbonyl (C=O) groups is 1. The van der Waals surface area contributed by atoms with Crippen molar-refractivity contribution in [1.82, 2.24) is 0 Å². The fourth-order valence-corrected chi connectivity index (χ4v) is 2.24.